The number of Topliss-reactive ketones (excluding diaryl/α,β-unsaturated/α-hetero) is 1. The van der Waals surface area contributed by atoms with Crippen LogP contribution >= 0.6 is 22.7 Å². The molecule has 1 aliphatic rings. The van der Waals surface area contributed by atoms with Gasteiger partial charge in [0.1, 0.15) is 9.88 Å². The normalized spacial score (nSPS) is 17.7. The quantitative estimate of drug-likeness (QED) is 0.393. The standard InChI is InChI=1S/C21H22N2O5S3/c1-12-9-16(14(3)23(12)15-6-8-31(26,27)11-15)17(24)10-28-21(25)19-13(2)22-20(30-19)18-5-4-7-29-18/h4-5,7,9,15H,6,8,10-11H2,1-3H3/t15-/m0/s1. The molecule has 0 aliphatic carbocycles. The molecule has 1 fully saturated rings. The van der Waals surface area contributed by atoms with Gasteiger partial charge in [-0.2, -0.15) is 0 Å². The third-order valence-corrected chi connectivity index (χ3v) is 9.33. The lowest BCUT2D eigenvalue weighted by molar-refractivity contribution is 0.0478. The molecule has 0 N–H and O–H groups in total. The van der Waals surface area contributed by atoms with Crippen LogP contribution in [-0.4, -0.2) is 47.8 Å². The van der Waals surface area contributed by atoms with Crippen molar-refractivity contribution < 1.29 is 22.7 Å². The van der Waals surface area contributed by atoms with Gasteiger partial charge in [0.2, 0.25) is 5.78 Å². The molecule has 1 aliphatic heterocycles. The first-order valence-electron chi connectivity index (χ1n) is 9.77. The van der Waals surface area contributed by atoms with Crippen molar-refractivity contribution in [3.63, 3.8) is 0 Å². The summed E-state index contributed by atoms with van der Waals surface area (Å²) >= 11 is 2.79. The van der Waals surface area contributed by atoms with E-state index in [0.717, 1.165) is 15.6 Å². The number of ether oxygens (including phenoxy) is 1. The molecule has 10 heteroatoms. The SMILES string of the molecule is Cc1nc(-c2cccs2)sc1C(=O)OCC(=O)c1cc(C)n([C@H]2CCS(=O)(=O)C2)c1C. The number of aromatic nitrogens is 2. The first-order chi connectivity index (χ1) is 14.7. The highest BCUT2D eigenvalue weighted by Crippen LogP contribution is 2.32. The van der Waals surface area contributed by atoms with Crippen LogP contribution in [0.5, 0.6) is 0 Å². The van der Waals surface area contributed by atoms with Crippen LogP contribution < -0.4 is 0 Å². The Kier molecular flexibility index (Phi) is 5.89. The van der Waals surface area contributed by atoms with Gasteiger partial charge in [-0.25, -0.2) is 18.2 Å². The number of carbonyl (C=O) groups is 2. The molecule has 0 spiro atoms. The molecule has 7 nitrogen and oxygen atoms in total. The second-order valence-corrected chi connectivity index (χ2v) is 11.8. The lowest BCUT2D eigenvalue weighted by Gasteiger charge is -2.16. The summed E-state index contributed by atoms with van der Waals surface area (Å²) in [6.45, 7) is 5.02. The number of aryl methyl sites for hydroxylation is 2. The minimum atomic E-state index is -3.04. The minimum absolute atomic E-state index is 0.0865. The van der Waals surface area contributed by atoms with Crippen molar-refractivity contribution in [1.29, 1.82) is 0 Å². The largest absolute Gasteiger partial charge is 0.453 e. The number of thiazole rings is 1. The fourth-order valence-electron chi connectivity index (χ4n) is 3.97. The van der Waals surface area contributed by atoms with Gasteiger partial charge in [-0.3, -0.25) is 4.79 Å². The molecule has 0 amide bonds. The maximum atomic E-state index is 12.8. The lowest BCUT2D eigenvalue weighted by Crippen LogP contribution is -2.17. The van der Waals surface area contributed by atoms with Crippen LogP contribution in [-0.2, 0) is 14.6 Å². The molecule has 0 saturated carbocycles. The van der Waals surface area contributed by atoms with E-state index in [1.54, 1.807) is 31.3 Å². The van der Waals surface area contributed by atoms with Crippen molar-refractivity contribution in [2.45, 2.75) is 33.2 Å². The molecule has 0 bridgehead atoms. The van der Waals surface area contributed by atoms with E-state index in [2.05, 4.69) is 4.98 Å². The zero-order valence-electron chi connectivity index (χ0n) is 17.4. The Balaban J connectivity index is 1.46. The van der Waals surface area contributed by atoms with Gasteiger partial charge in [-0.15, -0.1) is 22.7 Å². The molecule has 4 heterocycles. The smallest absolute Gasteiger partial charge is 0.350 e. The van der Waals surface area contributed by atoms with Crippen molar-refractivity contribution in [3.05, 3.63) is 51.1 Å². The van der Waals surface area contributed by atoms with Gasteiger partial charge >= 0.3 is 5.97 Å². The number of ketones is 1. The van der Waals surface area contributed by atoms with Crippen LogP contribution in [0.1, 0.15) is 49.6 Å². The van der Waals surface area contributed by atoms with E-state index in [4.69, 9.17) is 4.74 Å². The summed E-state index contributed by atoms with van der Waals surface area (Å²) in [5, 5.41) is 2.70. The number of hydrogen-bond donors (Lipinski definition) is 0. The van der Waals surface area contributed by atoms with Gasteiger partial charge in [-0.05, 0) is 44.7 Å². The van der Waals surface area contributed by atoms with Gasteiger partial charge in [-0.1, -0.05) is 6.07 Å². The third-order valence-electron chi connectivity index (χ3n) is 5.41. The van der Waals surface area contributed by atoms with Gasteiger partial charge in [0.25, 0.3) is 0 Å². The molecule has 0 aromatic carbocycles. The van der Waals surface area contributed by atoms with Crippen molar-refractivity contribution in [2.75, 3.05) is 18.1 Å². The summed E-state index contributed by atoms with van der Waals surface area (Å²) in [5.74, 6) is -0.628. The summed E-state index contributed by atoms with van der Waals surface area (Å²) in [6, 6.07) is 5.44. The van der Waals surface area contributed by atoms with Crippen LogP contribution in [0.2, 0.25) is 0 Å². The zero-order valence-corrected chi connectivity index (χ0v) is 19.8. The molecule has 1 saturated heterocycles. The third kappa shape index (κ3) is 4.37. The Labute approximate surface area is 188 Å². The Morgan fingerprint density at radius 1 is 1.29 bits per heavy atom. The lowest BCUT2D eigenvalue weighted by atomic mass is 10.1. The van der Waals surface area contributed by atoms with Crippen LogP contribution in [0.15, 0.2) is 23.6 Å². The number of rotatable bonds is 6. The Morgan fingerprint density at radius 3 is 2.71 bits per heavy atom. The van der Waals surface area contributed by atoms with E-state index in [-0.39, 0.29) is 29.9 Å². The molecule has 0 radical (unpaired) electrons. The number of carbonyl (C=O) groups excluding carboxylic acids is 2. The van der Waals surface area contributed by atoms with E-state index in [1.807, 2.05) is 29.0 Å². The van der Waals surface area contributed by atoms with Crippen molar-refractivity contribution in [3.8, 4) is 9.88 Å². The summed E-state index contributed by atoms with van der Waals surface area (Å²) in [4.78, 5) is 31.1. The highest BCUT2D eigenvalue weighted by Gasteiger charge is 2.32. The van der Waals surface area contributed by atoms with Crippen molar-refractivity contribution in [1.82, 2.24) is 9.55 Å². The number of sulfone groups is 1. The molecule has 3 aromatic heterocycles. The molecule has 31 heavy (non-hydrogen) atoms. The molecule has 4 rings (SSSR count). The van der Waals surface area contributed by atoms with E-state index in [0.29, 0.717) is 28.2 Å². The monoisotopic (exact) mass is 478 g/mol. The summed E-state index contributed by atoms with van der Waals surface area (Å²) < 4.78 is 30.9. The van der Waals surface area contributed by atoms with E-state index in [9.17, 15) is 18.0 Å². The minimum Gasteiger partial charge on any atom is -0.453 e. The highest BCUT2D eigenvalue weighted by molar-refractivity contribution is 7.91. The summed E-state index contributed by atoms with van der Waals surface area (Å²) in [7, 11) is -3.04. The van der Waals surface area contributed by atoms with E-state index < -0.39 is 15.8 Å². The molecule has 1 atom stereocenters. The van der Waals surface area contributed by atoms with Gasteiger partial charge in [0.15, 0.2) is 16.4 Å². The predicted molar refractivity (Wildman–Crippen MR) is 121 cm³/mol. The zero-order chi connectivity index (χ0) is 22.3. The maximum absolute atomic E-state index is 12.8. The fraction of sp³-hybridized carbons (Fsp3) is 0.381. The van der Waals surface area contributed by atoms with Crippen LogP contribution in [0.4, 0.5) is 0 Å². The molecule has 0 unspecified atom stereocenters. The molecular weight excluding hydrogens is 456 g/mol. The predicted octanol–water partition coefficient (Wildman–Crippen LogP) is 4.00. The van der Waals surface area contributed by atoms with Crippen LogP contribution in [0.3, 0.4) is 0 Å². The van der Waals surface area contributed by atoms with Crippen molar-refractivity contribution >= 4 is 44.3 Å². The first-order valence-corrected chi connectivity index (χ1v) is 13.3. The van der Waals surface area contributed by atoms with Gasteiger partial charge in [0, 0.05) is 23.0 Å². The number of esters is 1. The van der Waals surface area contributed by atoms with Crippen molar-refractivity contribution in [2.24, 2.45) is 0 Å². The topological polar surface area (TPSA) is 95.3 Å². The maximum Gasteiger partial charge on any atom is 0.350 e. The number of nitrogens with zero attached hydrogens (tertiary/aromatic N) is 2. The number of thiophene rings is 1. The second-order valence-electron chi connectivity index (χ2n) is 7.62. The fourth-order valence-corrected chi connectivity index (χ4v) is 7.42. The van der Waals surface area contributed by atoms with E-state index >= 15 is 0 Å². The number of hydrogen-bond acceptors (Lipinski definition) is 8. The highest BCUT2D eigenvalue weighted by atomic mass is 32.2. The molecule has 164 valence electrons. The summed E-state index contributed by atoms with van der Waals surface area (Å²) in [6.07, 6.45) is 0.540. The molecule has 3 aromatic rings. The van der Waals surface area contributed by atoms with E-state index in [1.165, 1.54) is 11.3 Å². The van der Waals surface area contributed by atoms with Crippen LogP contribution in [0.25, 0.3) is 9.88 Å². The Bertz CT molecular complexity index is 1250. The van der Waals surface area contributed by atoms with Gasteiger partial charge < -0.3 is 9.30 Å². The average Bonchev–Trinajstić information content (AvgIpc) is 3.47. The molecular formula is C21H22N2O5S3. The second kappa shape index (κ2) is 8.33. The summed E-state index contributed by atoms with van der Waals surface area (Å²) in [5.41, 5.74) is 2.56. The first kappa shape index (κ1) is 21.9. The average molecular weight is 479 g/mol. The van der Waals surface area contributed by atoms with Crippen LogP contribution in [0, 0.1) is 20.8 Å². The van der Waals surface area contributed by atoms with Gasteiger partial charge in [0.05, 0.1) is 22.1 Å². The Morgan fingerprint density at radius 2 is 2.06 bits per heavy atom. The Hall–Kier alpha value is -2.30.